The lowest BCUT2D eigenvalue weighted by Crippen LogP contribution is -2.38. The summed E-state index contributed by atoms with van der Waals surface area (Å²) in [5.41, 5.74) is 1.52. The van der Waals surface area contributed by atoms with Crippen LogP contribution < -0.4 is 9.62 Å². The molecule has 170 valence electrons. The van der Waals surface area contributed by atoms with Crippen LogP contribution in [0.15, 0.2) is 77.0 Å². The standard InChI is InChI=1S/C24H29N3O3S2/c1-19-11-13-21(14-12-19)32(29,30)27(20-8-5-4-6-9-20)16-15-24(28)25-18-22(26(2)3)23-10-7-17-31-23/h4-14,17,22H,15-16,18H2,1-3H3,(H,25,28). The largest absolute Gasteiger partial charge is 0.354 e. The van der Waals surface area contributed by atoms with E-state index in [1.165, 1.54) is 9.18 Å². The van der Waals surface area contributed by atoms with Gasteiger partial charge in [0.2, 0.25) is 5.91 Å². The van der Waals surface area contributed by atoms with E-state index < -0.39 is 10.0 Å². The molecule has 32 heavy (non-hydrogen) atoms. The predicted octanol–water partition coefficient (Wildman–Crippen LogP) is 4.06. The number of aryl methyl sites for hydroxylation is 1. The van der Waals surface area contributed by atoms with E-state index in [2.05, 4.69) is 10.2 Å². The molecule has 0 aliphatic heterocycles. The van der Waals surface area contributed by atoms with Gasteiger partial charge in [-0.25, -0.2) is 8.42 Å². The van der Waals surface area contributed by atoms with Gasteiger partial charge in [0.1, 0.15) is 0 Å². The van der Waals surface area contributed by atoms with Crippen molar-refractivity contribution in [3.8, 4) is 0 Å². The van der Waals surface area contributed by atoms with Crippen LogP contribution in [0.1, 0.15) is 22.9 Å². The van der Waals surface area contributed by atoms with Gasteiger partial charge >= 0.3 is 0 Å². The maximum absolute atomic E-state index is 13.4. The van der Waals surface area contributed by atoms with Gasteiger partial charge in [-0.2, -0.15) is 0 Å². The van der Waals surface area contributed by atoms with Gasteiger partial charge in [0.05, 0.1) is 16.6 Å². The summed E-state index contributed by atoms with van der Waals surface area (Å²) in [5, 5.41) is 4.98. The lowest BCUT2D eigenvalue weighted by atomic mass is 10.2. The van der Waals surface area contributed by atoms with E-state index in [1.54, 1.807) is 59.9 Å². The van der Waals surface area contributed by atoms with Crippen LogP contribution in [-0.2, 0) is 14.8 Å². The van der Waals surface area contributed by atoms with Gasteiger partial charge in [-0.3, -0.25) is 9.10 Å². The Balaban J connectivity index is 1.72. The van der Waals surface area contributed by atoms with Crippen molar-refractivity contribution in [1.82, 2.24) is 10.2 Å². The van der Waals surface area contributed by atoms with Gasteiger partial charge in [-0.05, 0) is 56.7 Å². The van der Waals surface area contributed by atoms with E-state index in [0.29, 0.717) is 12.2 Å². The number of carbonyl (C=O) groups excluding carboxylic acids is 1. The molecule has 6 nitrogen and oxygen atoms in total. The monoisotopic (exact) mass is 471 g/mol. The van der Waals surface area contributed by atoms with Crippen LogP contribution in [0.5, 0.6) is 0 Å². The quantitative estimate of drug-likeness (QED) is 0.484. The number of nitrogens with one attached hydrogen (secondary N) is 1. The third-order valence-corrected chi connectivity index (χ3v) is 8.00. The van der Waals surface area contributed by atoms with E-state index >= 15 is 0 Å². The highest BCUT2D eigenvalue weighted by Crippen LogP contribution is 2.25. The van der Waals surface area contributed by atoms with E-state index in [1.807, 2.05) is 44.6 Å². The molecule has 1 atom stereocenters. The van der Waals surface area contributed by atoms with Crippen molar-refractivity contribution in [2.45, 2.75) is 24.3 Å². The Labute approximate surface area is 194 Å². The number of likely N-dealkylation sites (N-methyl/N-ethyl adjacent to an activating group) is 1. The highest BCUT2D eigenvalue weighted by Gasteiger charge is 2.25. The number of para-hydroxylation sites is 1. The lowest BCUT2D eigenvalue weighted by molar-refractivity contribution is -0.121. The molecule has 1 aromatic heterocycles. The predicted molar refractivity (Wildman–Crippen MR) is 131 cm³/mol. The minimum absolute atomic E-state index is 0.0533. The number of amides is 1. The van der Waals surface area contributed by atoms with Crippen LogP contribution in [0.4, 0.5) is 5.69 Å². The average molecular weight is 472 g/mol. The van der Waals surface area contributed by atoms with Gasteiger partial charge in [0.15, 0.2) is 0 Å². The first kappa shape index (κ1) is 24.0. The third kappa shape index (κ3) is 5.97. The molecule has 8 heteroatoms. The van der Waals surface area contributed by atoms with E-state index in [4.69, 9.17) is 0 Å². The number of rotatable bonds is 10. The summed E-state index contributed by atoms with van der Waals surface area (Å²) in [6.07, 6.45) is 0.0601. The van der Waals surface area contributed by atoms with Crippen molar-refractivity contribution in [2.24, 2.45) is 0 Å². The van der Waals surface area contributed by atoms with Gasteiger partial charge < -0.3 is 10.2 Å². The molecule has 0 radical (unpaired) electrons. The molecule has 0 fully saturated rings. The van der Waals surface area contributed by atoms with Gasteiger partial charge in [0.25, 0.3) is 10.0 Å². The molecule has 1 unspecified atom stereocenters. The molecule has 1 amide bonds. The Bertz CT molecular complexity index is 1100. The summed E-state index contributed by atoms with van der Waals surface area (Å²) in [7, 11) is 0.148. The number of benzene rings is 2. The molecule has 0 aliphatic rings. The average Bonchev–Trinajstić information content (AvgIpc) is 3.29. The van der Waals surface area contributed by atoms with Crippen LogP contribution in [0.3, 0.4) is 0 Å². The molecule has 0 bridgehead atoms. The SMILES string of the molecule is Cc1ccc(S(=O)(=O)N(CCC(=O)NCC(c2cccs2)N(C)C)c2ccccc2)cc1. The Morgan fingerprint density at radius 2 is 1.69 bits per heavy atom. The molecule has 3 aromatic rings. The van der Waals surface area contributed by atoms with E-state index in [9.17, 15) is 13.2 Å². The third-order valence-electron chi connectivity index (χ3n) is 5.18. The Kier molecular flexibility index (Phi) is 8.06. The zero-order valence-electron chi connectivity index (χ0n) is 18.6. The van der Waals surface area contributed by atoms with Gasteiger partial charge in [-0.1, -0.05) is 42.0 Å². The van der Waals surface area contributed by atoms with Crippen molar-refractivity contribution in [2.75, 3.05) is 31.5 Å². The molecule has 1 N–H and O–H groups in total. The number of carbonyl (C=O) groups is 1. The normalized spacial score (nSPS) is 12.5. The highest BCUT2D eigenvalue weighted by molar-refractivity contribution is 7.92. The molecular formula is C24H29N3O3S2. The van der Waals surface area contributed by atoms with Crippen molar-refractivity contribution in [3.63, 3.8) is 0 Å². The summed E-state index contributed by atoms with van der Waals surface area (Å²) in [6, 6.07) is 19.7. The first-order valence-corrected chi connectivity index (χ1v) is 12.7. The smallest absolute Gasteiger partial charge is 0.264 e. The molecule has 0 saturated carbocycles. The number of thiophene rings is 1. The Morgan fingerprint density at radius 3 is 2.28 bits per heavy atom. The number of anilines is 1. The number of nitrogens with zero attached hydrogens (tertiary/aromatic N) is 2. The van der Waals surface area contributed by atoms with Crippen LogP contribution >= 0.6 is 11.3 Å². The van der Waals surface area contributed by atoms with Crippen molar-refractivity contribution >= 4 is 33.0 Å². The molecule has 2 aromatic carbocycles. The summed E-state index contributed by atoms with van der Waals surface area (Å²) < 4.78 is 28.0. The summed E-state index contributed by atoms with van der Waals surface area (Å²) in [6.45, 7) is 2.42. The minimum Gasteiger partial charge on any atom is -0.354 e. The highest BCUT2D eigenvalue weighted by atomic mass is 32.2. The van der Waals surface area contributed by atoms with E-state index in [0.717, 1.165) is 5.56 Å². The minimum atomic E-state index is -3.80. The first-order chi connectivity index (χ1) is 15.3. The second kappa shape index (κ2) is 10.8. The zero-order chi connectivity index (χ0) is 23.1. The number of hydrogen-bond donors (Lipinski definition) is 1. The molecular weight excluding hydrogens is 442 g/mol. The van der Waals surface area contributed by atoms with Gasteiger partial charge in [0, 0.05) is 24.4 Å². The zero-order valence-corrected chi connectivity index (χ0v) is 20.2. The Hall–Kier alpha value is -2.68. The second-order valence-electron chi connectivity index (χ2n) is 7.77. The Morgan fingerprint density at radius 1 is 1.00 bits per heavy atom. The maximum atomic E-state index is 13.4. The molecule has 0 spiro atoms. The van der Waals surface area contributed by atoms with Crippen molar-refractivity contribution < 1.29 is 13.2 Å². The van der Waals surface area contributed by atoms with Crippen LogP contribution in [0.2, 0.25) is 0 Å². The lowest BCUT2D eigenvalue weighted by Gasteiger charge is -2.25. The van der Waals surface area contributed by atoms with Crippen molar-refractivity contribution in [1.29, 1.82) is 0 Å². The molecule has 1 heterocycles. The van der Waals surface area contributed by atoms with E-state index in [-0.39, 0.29) is 29.8 Å². The van der Waals surface area contributed by atoms with Crippen LogP contribution in [0.25, 0.3) is 0 Å². The summed E-state index contributed by atoms with van der Waals surface area (Å²) >= 11 is 1.65. The fourth-order valence-electron chi connectivity index (χ4n) is 3.34. The van der Waals surface area contributed by atoms with Gasteiger partial charge in [-0.15, -0.1) is 11.3 Å². The van der Waals surface area contributed by atoms with Crippen molar-refractivity contribution in [3.05, 3.63) is 82.6 Å². The molecule has 3 rings (SSSR count). The summed E-state index contributed by atoms with van der Waals surface area (Å²) in [4.78, 5) is 16.1. The topological polar surface area (TPSA) is 69.7 Å². The fourth-order valence-corrected chi connectivity index (χ4v) is 5.73. The number of hydrogen-bond acceptors (Lipinski definition) is 5. The van der Waals surface area contributed by atoms with Crippen LogP contribution in [-0.4, -0.2) is 46.4 Å². The molecule has 0 saturated heterocycles. The number of sulfonamides is 1. The second-order valence-corrected chi connectivity index (χ2v) is 10.6. The summed E-state index contributed by atoms with van der Waals surface area (Å²) in [5.74, 6) is -0.187. The fraction of sp³-hybridized carbons (Fsp3) is 0.292. The maximum Gasteiger partial charge on any atom is 0.264 e. The van der Waals surface area contributed by atoms with Crippen LogP contribution in [0, 0.1) is 6.92 Å². The first-order valence-electron chi connectivity index (χ1n) is 10.4. The molecule has 0 aliphatic carbocycles.